The number of hydrogen-bond acceptors (Lipinski definition) is 3. The van der Waals surface area contributed by atoms with Crippen LogP contribution in [0, 0.1) is 19.7 Å². The minimum Gasteiger partial charge on any atom is -0.308 e. The second-order valence-electron chi connectivity index (χ2n) is 4.49. The van der Waals surface area contributed by atoms with E-state index in [1.807, 2.05) is 13.8 Å². The molecule has 0 atom stereocenters. The van der Waals surface area contributed by atoms with Gasteiger partial charge in [-0.05, 0) is 31.5 Å². The lowest BCUT2D eigenvalue weighted by Crippen LogP contribution is -2.15. The van der Waals surface area contributed by atoms with Crippen molar-refractivity contribution in [3.63, 3.8) is 0 Å². The van der Waals surface area contributed by atoms with Crippen LogP contribution in [-0.4, -0.2) is 21.9 Å². The number of nitrogens with one attached hydrogen (secondary N) is 2. The third-order valence-electron chi connectivity index (χ3n) is 2.93. The molecule has 0 aliphatic carbocycles. The van der Waals surface area contributed by atoms with Gasteiger partial charge in [0, 0.05) is 17.0 Å². The molecule has 0 saturated carbocycles. The number of nitrogens with zero attached hydrogens (tertiary/aromatic N) is 1. The van der Waals surface area contributed by atoms with Crippen LogP contribution < -0.4 is 5.32 Å². The van der Waals surface area contributed by atoms with Gasteiger partial charge in [-0.15, -0.1) is 11.8 Å². The summed E-state index contributed by atoms with van der Waals surface area (Å²) in [5.41, 5.74) is 2.89. The number of amides is 1. The van der Waals surface area contributed by atoms with Gasteiger partial charge in [0.1, 0.15) is 5.82 Å². The number of benzene rings is 1. The SMILES string of the molecule is Cc1[nH]nc(NC(=O)CSCc2ccc(F)cc2)c1C. The van der Waals surface area contributed by atoms with E-state index in [1.54, 1.807) is 12.1 Å². The van der Waals surface area contributed by atoms with Crippen molar-refractivity contribution in [3.8, 4) is 0 Å². The second-order valence-corrected chi connectivity index (χ2v) is 5.48. The van der Waals surface area contributed by atoms with Crippen molar-refractivity contribution in [2.75, 3.05) is 11.1 Å². The first-order valence-electron chi connectivity index (χ1n) is 6.20. The number of H-pyrrole nitrogens is 1. The number of aromatic amines is 1. The highest BCUT2D eigenvalue weighted by molar-refractivity contribution is 7.99. The van der Waals surface area contributed by atoms with E-state index < -0.39 is 0 Å². The summed E-state index contributed by atoms with van der Waals surface area (Å²) in [6, 6.07) is 6.29. The van der Waals surface area contributed by atoms with E-state index >= 15 is 0 Å². The standard InChI is InChI=1S/C14H16FN3OS/c1-9-10(2)17-18-14(9)16-13(19)8-20-7-11-3-5-12(15)6-4-11/h3-6H,7-8H2,1-2H3,(H2,16,17,18,19). The average molecular weight is 293 g/mol. The Labute approximate surface area is 121 Å². The van der Waals surface area contributed by atoms with Gasteiger partial charge in [0.15, 0.2) is 5.82 Å². The molecule has 0 unspecified atom stereocenters. The molecule has 0 spiro atoms. The molecule has 0 fully saturated rings. The van der Waals surface area contributed by atoms with Crippen LogP contribution >= 0.6 is 11.8 Å². The first-order chi connectivity index (χ1) is 9.56. The zero-order chi connectivity index (χ0) is 14.5. The van der Waals surface area contributed by atoms with Gasteiger partial charge >= 0.3 is 0 Å². The molecule has 2 N–H and O–H groups in total. The molecular formula is C14H16FN3OS. The fraction of sp³-hybridized carbons (Fsp3) is 0.286. The third-order valence-corrected chi connectivity index (χ3v) is 3.93. The van der Waals surface area contributed by atoms with Crippen molar-refractivity contribution in [2.45, 2.75) is 19.6 Å². The highest BCUT2D eigenvalue weighted by Crippen LogP contribution is 2.16. The van der Waals surface area contributed by atoms with Crippen LogP contribution in [0.4, 0.5) is 10.2 Å². The zero-order valence-electron chi connectivity index (χ0n) is 11.4. The Hall–Kier alpha value is -1.82. The van der Waals surface area contributed by atoms with E-state index in [-0.39, 0.29) is 11.7 Å². The molecule has 0 aliphatic rings. The third kappa shape index (κ3) is 3.84. The van der Waals surface area contributed by atoms with Crippen molar-refractivity contribution >= 4 is 23.5 Å². The molecule has 106 valence electrons. The number of halogens is 1. The molecule has 0 aliphatic heterocycles. The summed E-state index contributed by atoms with van der Waals surface area (Å²) in [5, 5.41) is 9.61. The lowest BCUT2D eigenvalue weighted by atomic mass is 10.2. The monoisotopic (exact) mass is 293 g/mol. The predicted octanol–water partition coefficient (Wildman–Crippen LogP) is 3.04. The number of thioether (sulfide) groups is 1. The van der Waals surface area contributed by atoms with E-state index in [9.17, 15) is 9.18 Å². The van der Waals surface area contributed by atoms with Gasteiger partial charge in [0.25, 0.3) is 0 Å². The van der Waals surface area contributed by atoms with E-state index in [2.05, 4.69) is 15.5 Å². The summed E-state index contributed by atoms with van der Waals surface area (Å²) in [5.74, 6) is 1.25. The number of aromatic nitrogens is 2. The average Bonchev–Trinajstić information content (AvgIpc) is 2.73. The minimum atomic E-state index is -0.249. The summed E-state index contributed by atoms with van der Waals surface area (Å²) < 4.78 is 12.7. The molecule has 0 radical (unpaired) electrons. The van der Waals surface area contributed by atoms with Crippen LogP contribution in [0.25, 0.3) is 0 Å². The maximum absolute atomic E-state index is 12.7. The molecule has 2 aromatic rings. The molecular weight excluding hydrogens is 277 g/mol. The Kier molecular flexibility index (Phi) is 4.79. The summed E-state index contributed by atoms with van der Waals surface area (Å²) in [6.45, 7) is 3.81. The number of hydrogen-bond donors (Lipinski definition) is 2. The Morgan fingerprint density at radius 3 is 2.65 bits per heavy atom. The van der Waals surface area contributed by atoms with Crippen LogP contribution in [-0.2, 0) is 10.5 Å². The first kappa shape index (κ1) is 14.6. The molecule has 20 heavy (non-hydrogen) atoms. The molecule has 1 amide bonds. The number of rotatable bonds is 5. The normalized spacial score (nSPS) is 10.6. The van der Waals surface area contributed by atoms with Crippen LogP contribution in [0.3, 0.4) is 0 Å². The topological polar surface area (TPSA) is 57.8 Å². The van der Waals surface area contributed by atoms with Crippen LogP contribution in [0.1, 0.15) is 16.8 Å². The van der Waals surface area contributed by atoms with Gasteiger partial charge in [0.2, 0.25) is 5.91 Å². The number of carbonyl (C=O) groups excluding carboxylic acids is 1. The van der Waals surface area contributed by atoms with Gasteiger partial charge in [0.05, 0.1) is 5.75 Å². The molecule has 1 aromatic heterocycles. The summed E-state index contributed by atoms with van der Waals surface area (Å²) in [7, 11) is 0. The Morgan fingerprint density at radius 1 is 1.35 bits per heavy atom. The summed E-state index contributed by atoms with van der Waals surface area (Å²) >= 11 is 1.48. The van der Waals surface area contributed by atoms with Crippen LogP contribution in [0.15, 0.2) is 24.3 Å². The number of anilines is 1. The predicted molar refractivity (Wildman–Crippen MR) is 79.3 cm³/mol. The highest BCUT2D eigenvalue weighted by atomic mass is 32.2. The summed E-state index contributed by atoms with van der Waals surface area (Å²) in [6.07, 6.45) is 0. The quantitative estimate of drug-likeness (QED) is 0.891. The van der Waals surface area contributed by atoms with Crippen molar-refractivity contribution in [1.29, 1.82) is 0 Å². The number of aryl methyl sites for hydroxylation is 1. The van der Waals surface area contributed by atoms with Crippen molar-refractivity contribution in [3.05, 3.63) is 46.9 Å². The van der Waals surface area contributed by atoms with Crippen molar-refractivity contribution < 1.29 is 9.18 Å². The van der Waals surface area contributed by atoms with Gasteiger partial charge in [-0.3, -0.25) is 9.89 Å². The van der Waals surface area contributed by atoms with Crippen molar-refractivity contribution in [2.24, 2.45) is 0 Å². The molecule has 1 aromatic carbocycles. The van der Waals surface area contributed by atoms with Crippen molar-refractivity contribution in [1.82, 2.24) is 10.2 Å². The molecule has 0 saturated heterocycles. The Morgan fingerprint density at radius 2 is 2.05 bits per heavy atom. The smallest absolute Gasteiger partial charge is 0.235 e. The Bertz CT molecular complexity index is 595. The molecule has 1 heterocycles. The zero-order valence-corrected chi connectivity index (χ0v) is 12.2. The molecule has 4 nitrogen and oxygen atoms in total. The molecule has 2 rings (SSSR count). The van der Waals surface area contributed by atoms with Gasteiger partial charge in [-0.2, -0.15) is 5.10 Å². The highest BCUT2D eigenvalue weighted by Gasteiger charge is 2.09. The maximum atomic E-state index is 12.7. The fourth-order valence-corrected chi connectivity index (χ4v) is 2.40. The lowest BCUT2D eigenvalue weighted by molar-refractivity contribution is -0.113. The van der Waals surface area contributed by atoms with E-state index in [0.717, 1.165) is 16.8 Å². The molecule has 6 heteroatoms. The van der Waals surface area contributed by atoms with E-state index in [1.165, 1.54) is 23.9 Å². The maximum Gasteiger partial charge on any atom is 0.235 e. The minimum absolute atomic E-state index is 0.0910. The van der Waals surface area contributed by atoms with Gasteiger partial charge in [-0.1, -0.05) is 12.1 Å². The summed E-state index contributed by atoms with van der Waals surface area (Å²) in [4.78, 5) is 11.8. The second kappa shape index (κ2) is 6.56. The first-order valence-corrected chi connectivity index (χ1v) is 7.35. The fourth-order valence-electron chi connectivity index (χ4n) is 1.62. The van der Waals surface area contributed by atoms with E-state index in [4.69, 9.17) is 0 Å². The largest absolute Gasteiger partial charge is 0.308 e. The number of carbonyl (C=O) groups is 1. The van der Waals surface area contributed by atoms with Gasteiger partial charge in [-0.25, -0.2) is 4.39 Å². The molecule has 0 bridgehead atoms. The van der Waals surface area contributed by atoms with Gasteiger partial charge < -0.3 is 5.32 Å². The van der Waals surface area contributed by atoms with E-state index in [0.29, 0.717) is 17.3 Å². The Balaban J connectivity index is 1.78. The van der Waals surface area contributed by atoms with Crippen LogP contribution in [0.5, 0.6) is 0 Å². The van der Waals surface area contributed by atoms with Crippen LogP contribution in [0.2, 0.25) is 0 Å². The lowest BCUT2D eigenvalue weighted by Gasteiger charge is -2.04.